The normalized spacial score (nSPS) is 17.5. The predicted octanol–water partition coefficient (Wildman–Crippen LogP) is 1.24. The van der Waals surface area contributed by atoms with Crippen molar-refractivity contribution in [2.45, 2.75) is 13.0 Å². The highest BCUT2D eigenvalue weighted by molar-refractivity contribution is 7.80. The largest absolute Gasteiger partial charge is 0.497 e. The molecule has 1 aliphatic heterocycles. The van der Waals surface area contributed by atoms with Gasteiger partial charge >= 0.3 is 0 Å². The van der Waals surface area contributed by atoms with Crippen LogP contribution in [0, 0.1) is 0 Å². The van der Waals surface area contributed by atoms with Gasteiger partial charge in [0.25, 0.3) is 5.91 Å². The Labute approximate surface area is 134 Å². The molecular weight excluding hydrogens is 302 g/mol. The van der Waals surface area contributed by atoms with Gasteiger partial charge < -0.3 is 25.4 Å². The highest BCUT2D eigenvalue weighted by Crippen LogP contribution is 2.35. The Morgan fingerprint density at radius 3 is 2.64 bits per heavy atom. The summed E-state index contributed by atoms with van der Waals surface area (Å²) in [6.07, 6.45) is 0. The topological polar surface area (TPSA) is 71.6 Å². The van der Waals surface area contributed by atoms with Crippen LogP contribution in [0.3, 0.4) is 0 Å². The van der Waals surface area contributed by atoms with Gasteiger partial charge in [0.15, 0.2) is 5.11 Å². The summed E-state index contributed by atoms with van der Waals surface area (Å²) < 4.78 is 10.6. The average molecular weight is 321 g/mol. The Bertz CT molecular complexity index is 643. The van der Waals surface area contributed by atoms with E-state index in [-0.39, 0.29) is 5.91 Å². The second-order valence-electron chi connectivity index (χ2n) is 4.76. The third-order valence-corrected chi connectivity index (χ3v) is 3.71. The van der Waals surface area contributed by atoms with Crippen LogP contribution in [0.2, 0.25) is 0 Å². The lowest BCUT2D eigenvalue weighted by molar-refractivity contribution is -0.117. The van der Waals surface area contributed by atoms with Crippen molar-refractivity contribution in [1.82, 2.24) is 16.0 Å². The molecule has 1 amide bonds. The Balaban J connectivity index is 2.55. The molecule has 2 rings (SSSR count). The van der Waals surface area contributed by atoms with E-state index in [1.54, 1.807) is 27.3 Å². The van der Waals surface area contributed by atoms with Crippen LogP contribution in [0.4, 0.5) is 0 Å². The maximum Gasteiger partial charge on any atom is 0.251 e. The number of hydrogen-bond acceptors (Lipinski definition) is 4. The van der Waals surface area contributed by atoms with E-state index in [4.69, 9.17) is 21.7 Å². The minimum Gasteiger partial charge on any atom is -0.497 e. The van der Waals surface area contributed by atoms with Crippen molar-refractivity contribution in [3.05, 3.63) is 35.0 Å². The van der Waals surface area contributed by atoms with E-state index in [1.165, 1.54) is 0 Å². The highest BCUT2D eigenvalue weighted by atomic mass is 32.1. The standard InChI is InChI=1S/C15H19N3O3S/c1-8-12(14(19)16-2)13(18-15(22)17-8)10-6-5-9(20-3)7-11(10)21-4/h5-7,13H,1-4H3,(H,16,19)(H2,17,18,22)/t13-/m1/s1. The number of methoxy groups -OCH3 is 2. The molecule has 22 heavy (non-hydrogen) atoms. The summed E-state index contributed by atoms with van der Waals surface area (Å²) in [5.41, 5.74) is 2.09. The molecule has 1 atom stereocenters. The van der Waals surface area contributed by atoms with Crippen molar-refractivity contribution in [2.75, 3.05) is 21.3 Å². The van der Waals surface area contributed by atoms with E-state index in [9.17, 15) is 4.79 Å². The van der Waals surface area contributed by atoms with Gasteiger partial charge in [-0.15, -0.1) is 0 Å². The van der Waals surface area contributed by atoms with Gasteiger partial charge in [0.1, 0.15) is 11.5 Å². The van der Waals surface area contributed by atoms with E-state index in [0.29, 0.717) is 27.9 Å². The van der Waals surface area contributed by atoms with Crippen molar-refractivity contribution >= 4 is 23.2 Å². The number of ether oxygens (including phenoxy) is 2. The van der Waals surface area contributed by atoms with Crippen LogP contribution in [0.15, 0.2) is 29.5 Å². The van der Waals surface area contributed by atoms with Crippen molar-refractivity contribution in [3.8, 4) is 11.5 Å². The lowest BCUT2D eigenvalue weighted by Crippen LogP contribution is -2.46. The van der Waals surface area contributed by atoms with Gasteiger partial charge in [-0.1, -0.05) is 0 Å². The van der Waals surface area contributed by atoms with Crippen molar-refractivity contribution in [2.24, 2.45) is 0 Å². The average Bonchev–Trinajstić information content (AvgIpc) is 2.52. The number of amides is 1. The number of rotatable bonds is 4. The van der Waals surface area contributed by atoms with Crippen molar-refractivity contribution in [1.29, 1.82) is 0 Å². The fourth-order valence-electron chi connectivity index (χ4n) is 2.42. The molecular formula is C15H19N3O3S. The molecule has 0 aliphatic carbocycles. The summed E-state index contributed by atoms with van der Waals surface area (Å²) in [7, 11) is 4.76. The quantitative estimate of drug-likeness (QED) is 0.725. The van der Waals surface area contributed by atoms with Crippen LogP contribution in [-0.4, -0.2) is 32.3 Å². The minimum absolute atomic E-state index is 0.178. The van der Waals surface area contributed by atoms with E-state index < -0.39 is 6.04 Å². The van der Waals surface area contributed by atoms with Gasteiger partial charge in [-0.25, -0.2) is 0 Å². The zero-order chi connectivity index (χ0) is 16.3. The molecule has 0 bridgehead atoms. The first-order chi connectivity index (χ1) is 10.5. The fraction of sp³-hybridized carbons (Fsp3) is 0.333. The molecule has 118 valence electrons. The lowest BCUT2D eigenvalue weighted by atomic mass is 9.94. The number of allylic oxidation sites excluding steroid dienone is 1. The molecule has 0 spiro atoms. The van der Waals surface area contributed by atoms with E-state index in [0.717, 1.165) is 5.56 Å². The highest BCUT2D eigenvalue weighted by Gasteiger charge is 2.31. The first kappa shape index (κ1) is 16.1. The first-order valence-corrected chi connectivity index (χ1v) is 7.15. The smallest absolute Gasteiger partial charge is 0.251 e. The van der Waals surface area contributed by atoms with Crippen LogP contribution in [0.25, 0.3) is 0 Å². The molecule has 0 fully saturated rings. The maximum absolute atomic E-state index is 12.2. The van der Waals surface area contributed by atoms with Crippen molar-refractivity contribution < 1.29 is 14.3 Å². The van der Waals surface area contributed by atoms with E-state index in [1.807, 2.05) is 19.1 Å². The lowest BCUT2D eigenvalue weighted by Gasteiger charge is -2.31. The third kappa shape index (κ3) is 2.99. The summed E-state index contributed by atoms with van der Waals surface area (Å²) in [6, 6.07) is 5.06. The third-order valence-electron chi connectivity index (χ3n) is 3.49. The van der Waals surface area contributed by atoms with Gasteiger partial charge in [0.2, 0.25) is 0 Å². The Morgan fingerprint density at radius 2 is 2.05 bits per heavy atom. The Morgan fingerprint density at radius 1 is 1.32 bits per heavy atom. The summed E-state index contributed by atoms with van der Waals surface area (Å²) >= 11 is 5.21. The summed E-state index contributed by atoms with van der Waals surface area (Å²) in [4.78, 5) is 12.2. The van der Waals surface area contributed by atoms with Gasteiger partial charge in [-0.3, -0.25) is 4.79 Å². The minimum atomic E-state index is -0.394. The van der Waals surface area contributed by atoms with Gasteiger partial charge in [-0.2, -0.15) is 0 Å². The Hall–Kier alpha value is -2.28. The van der Waals surface area contributed by atoms with E-state index >= 15 is 0 Å². The van der Waals surface area contributed by atoms with Crippen molar-refractivity contribution in [3.63, 3.8) is 0 Å². The van der Waals surface area contributed by atoms with Crippen LogP contribution in [-0.2, 0) is 4.79 Å². The second-order valence-corrected chi connectivity index (χ2v) is 5.17. The molecule has 0 aromatic heterocycles. The van der Waals surface area contributed by atoms with Gasteiger partial charge in [0, 0.05) is 24.4 Å². The summed E-state index contributed by atoms with van der Waals surface area (Å²) in [5, 5.41) is 9.22. The molecule has 7 heteroatoms. The van der Waals surface area contributed by atoms with Gasteiger partial charge in [0.05, 0.1) is 25.8 Å². The monoisotopic (exact) mass is 321 g/mol. The van der Waals surface area contributed by atoms with Crippen LogP contribution >= 0.6 is 12.2 Å². The Kier molecular flexibility index (Phi) is 4.87. The van der Waals surface area contributed by atoms with E-state index in [2.05, 4.69) is 16.0 Å². The van der Waals surface area contributed by atoms with Gasteiger partial charge in [-0.05, 0) is 31.3 Å². The molecule has 0 saturated carbocycles. The molecule has 1 heterocycles. The molecule has 1 aromatic rings. The summed E-state index contributed by atoms with van der Waals surface area (Å²) in [6.45, 7) is 1.82. The van der Waals surface area contributed by atoms with Crippen LogP contribution < -0.4 is 25.4 Å². The SMILES string of the molecule is CNC(=O)C1=C(C)NC(=S)N[C@@H]1c1ccc(OC)cc1OC. The number of thiocarbonyl (C=S) groups is 1. The maximum atomic E-state index is 12.2. The number of likely N-dealkylation sites (N-methyl/N-ethyl adjacent to an activating group) is 1. The van der Waals surface area contributed by atoms with Crippen LogP contribution in [0.1, 0.15) is 18.5 Å². The summed E-state index contributed by atoms with van der Waals surface area (Å²) in [5.74, 6) is 1.12. The zero-order valence-electron chi connectivity index (χ0n) is 12.9. The molecule has 1 aromatic carbocycles. The fourth-order valence-corrected chi connectivity index (χ4v) is 2.69. The molecule has 0 radical (unpaired) electrons. The zero-order valence-corrected chi connectivity index (χ0v) is 13.8. The molecule has 0 unspecified atom stereocenters. The number of hydrogen-bond donors (Lipinski definition) is 3. The number of carbonyl (C=O) groups excluding carboxylic acids is 1. The number of carbonyl (C=O) groups is 1. The predicted molar refractivity (Wildman–Crippen MR) is 87.9 cm³/mol. The molecule has 1 aliphatic rings. The molecule has 0 saturated heterocycles. The first-order valence-electron chi connectivity index (χ1n) is 6.74. The van der Waals surface area contributed by atoms with Crippen LogP contribution in [0.5, 0.6) is 11.5 Å². The number of nitrogens with one attached hydrogen (secondary N) is 3. The second kappa shape index (κ2) is 6.65. The number of benzene rings is 1. The molecule has 6 nitrogen and oxygen atoms in total. The molecule has 3 N–H and O–H groups in total.